The van der Waals surface area contributed by atoms with Crippen molar-refractivity contribution < 1.29 is 14.3 Å². The second kappa shape index (κ2) is 6.99. The van der Waals surface area contributed by atoms with Gasteiger partial charge in [-0.2, -0.15) is 0 Å². The van der Waals surface area contributed by atoms with E-state index in [1.807, 2.05) is 30.3 Å². The zero-order chi connectivity index (χ0) is 17.1. The molecule has 0 N–H and O–H groups in total. The fourth-order valence-electron chi connectivity index (χ4n) is 2.18. The predicted molar refractivity (Wildman–Crippen MR) is 92.8 cm³/mol. The van der Waals surface area contributed by atoms with Crippen LogP contribution in [-0.2, 0) is 9.53 Å². The summed E-state index contributed by atoms with van der Waals surface area (Å²) in [6.07, 6.45) is 0.967. The Kier molecular flexibility index (Phi) is 4.79. The highest BCUT2D eigenvalue weighted by atomic mass is 35.5. The molecule has 6 heteroatoms. The summed E-state index contributed by atoms with van der Waals surface area (Å²) in [6, 6.07) is 13.7. The highest BCUT2D eigenvalue weighted by Gasteiger charge is 2.26. The van der Waals surface area contributed by atoms with Gasteiger partial charge >= 0.3 is 0 Å². The van der Waals surface area contributed by atoms with Crippen LogP contribution in [0.4, 0.5) is 0 Å². The molecule has 3 rings (SSSR count). The topological polar surface area (TPSA) is 55.7 Å². The van der Waals surface area contributed by atoms with E-state index < -0.39 is 6.10 Å². The van der Waals surface area contributed by atoms with E-state index >= 15 is 0 Å². The first-order valence-corrected chi connectivity index (χ1v) is 7.81. The van der Waals surface area contributed by atoms with E-state index in [-0.39, 0.29) is 16.5 Å². The minimum Gasteiger partial charge on any atom is -0.460 e. The third kappa shape index (κ3) is 3.40. The Hall–Kier alpha value is -2.43. The van der Waals surface area contributed by atoms with Gasteiger partial charge in [0.2, 0.25) is 5.90 Å². The average molecular weight is 360 g/mol. The molecule has 0 radical (unpaired) electrons. The van der Waals surface area contributed by atoms with Gasteiger partial charge in [-0.05, 0) is 30.3 Å². The second-order valence-electron chi connectivity index (χ2n) is 5.02. The minimum absolute atomic E-state index is 0.250. The summed E-state index contributed by atoms with van der Waals surface area (Å²) in [5.41, 5.74) is 1.33. The summed E-state index contributed by atoms with van der Waals surface area (Å²) in [5.74, 6) is -0.0297. The van der Waals surface area contributed by atoms with E-state index in [0.717, 1.165) is 5.56 Å². The van der Waals surface area contributed by atoms with Gasteiger partial charge in [0.05, 0.1) is 15.7 Å². The van der Waals surface area contributed by atoms with E-state index in [2.05, 4.69) is 4.99 Å². The van der Waals surface area contributed by atoms with Crippen LogP contribution < -0.4 is 0 Å². The molecule has 1 aliphatic heterocycles. The van der Waals surface area contributed by atoms with Crippen LogP contribution in [0.3, 0.4) is 0 Å². The zero-order valence-electron chi connectivity index (χ0n) is 12.3. The molecule has 4 nitrogen and oxygen atoms in total. The molecule has 0 aromatic heterocycles. The van der Waals surface area contributed by atoms with Crippen molar-refractivity contribution in [2.24, 2.45) is 4.99 Å². The molecule has 120 valence electrons. The van der Waals surface area contributed by atoms with Gasteiger partial charge in [0.1, 0.15) is 0 Å². The molecule has 0 aliphatic carbocycles. The van der Waals surface area contributed by atoms with Crippen LogP contribution in [0.5, 0.6) is 0 Å². The van der Waals surface area contributed by atoms with Crippen molar-refractivity contribution in [1.29, 1.82) is 0 Å². The lowest BCUT2D eigenvalue weighted by Gasteiger charge is -2.05. The summed E-state index contributed by atoms with van der Waals surface area (Å²) in [7, 11) is 0. The Bertz CT molecular complexity index is 860. The highest BCUT2D eigenvalue weighted by Crippen LogP contribution is 2.24. The molecule has 0 fully saturated rings. The Morgan fingerprint density at radius 2 is 1.83 bits per heavy atom. The maximum absolute atomic E-state index is 12.3. The number of rotatable bonds is 4. The number of nitrogens with zero attached hydrogens (tertiary/aromatic N) is 1. The minimum atomic E-state index is -0.910. The van der Waals surface area contributed by atoms with Crippen LogP contribution in [0.15, 0.2) is 65.3 Å². The summed E-state index contributed by atoms with van der Waals surface area (Å²) in [5, 5.41) is 0.643. The number of aliphatic imine (C=N–C) groups is 1. The maximum atomic E-state index is 12.3. The SMILES string of the molecule is O=CC1OC(c2ccccc2)=N/C1=C\C(=O)c1ccc(Cl)c(Cl)c1. The third-order valence-electron chi connectivity index (χ3n) is 3.39. The Morgan fingerprint density at radius 1 is 1.08 bits per heavy atom. The van der Waals surface area contributed by atoms with Gasteiger partial charge in [0.25, 0.3) is 0 Å². The molecular weight excluding hydrogens is 349 g/mol. The molecule has 1 heterocycles. The number of carbonyl (C=O) groups excluding carboxylic acids is 2. The van der Waals surface area contributed by atoms with Gasteiger partial charge in [0, 0.05) is 17.2 Å². The smallest absolute Gasteiger partial charge is 0.222 e. The summed E-state index contributed by atoms with van der Waals surface area (Å²) < 4.78 is 5.50. The first-order valence-electron chi connectivity index (χ1n) is 7.05. The molecule has 0 saturated carbocycles. The normalized spacial score (nSPS) is 18.2. The second-order valence-corrected chi connectivity index (χ2v) is 5.83. The van der Waals surface area contributed by atoms with Gasteiger partial charge in [0.15, 0.2) is 18.2 Å². The van der Waals surface area contributed by atoms with Crippen LogP contribution in [0.1, 0.15) is 15.9 Å². The highest BCUT2D eigenvalue weighted by molar-refractivity contribution is 6.42. The standard InChI is InChI=1S/C18H11Cl2NO3/c19-13-7-6-12(8-14(13)20)16(23)9-15-17(10-22)24-18(21-15)11-4-2-1-3-5-11/h1-10,17H/b15-9-. The Morgan fingerprint density at radius 3 is 2.50 bits per heavy atom. The van der Waals surface area contributed by atoms with E-state index in [1.54, 1.807) is 6.07 Å². The Labute approximate surface area is 148 Å². The molecule has 0 amide bonds. The van der Waals surface area contributed by atoms with Gasteiger partial charge < -0.3 is 4.74 Å². The monoisotopic (exact) mass is 359 g/mol. The fourth-order valence-corrected chi connectivity index (χ4v) is 2.48. The Balaban J connectivity index is 1.92. The molecule has 0 bridgehead atoms. The third-order valence-corrected chi connectivity index (χ3v) is 4.13. The van der Waals surface area contributed by atoms with E-state index in [1.165, 1.54) is 18.2 Å². The van der Waals surface area contributed by atoms with Crippen molar-refractivity contribution in [3.8, 4) is 0 Å². The van der Waals surface area contributed by atoms with Crippen molar-refractivity contribution in [2.75, 3.05) is 0 Å². The number of carbonyl (C=O) groups is 2. The van der Waals surface area contributed by atoms with Crippen molar-refractivity contribution in [1.82, 2.24) is 0 Å². The first kappa shape index (κ1) is 16.4. The van der Waals surface area contributed by atoms with Gasteiger partial charge in [-0.25, -0.2) is 4.99 Å². The lowest BCUT2D eigenvalue weighted by Crippen LogP contribution is -2.14. The summed E-state index contributed by atoms with van der Waals surface area (Å²) in [4.78, 5) is 27.8. The number of ketones is 1. The van der Waals surface area contributed by atoms with Crippen LogP contribution in [0, 0.1) is 0 Å². The maximum Gasteiger partial charge on any atom is 0.222 e. The predicted octanol–water partition coefficient (Wildman–Crippen LogP) is 4.10. The number of benzene rings is 2. The summed E-state index contributed by atoms with van der Waals surface area (Å²) >= 11 is 11.8. The van der Waals surface area contributed by atoms with Crippen LogP contribution in [0.25, 0.3) is 0 Å². The van der Waals surface area contributed by atoms with Crippen molar-refractivity contribution in [3.63, 3.8) is 0 Å². The summed E-state index contributed by atoms with van der Waals surface area (Å²) in [6.45, 7) is 0. The molecule has 1 unspecified atom stereocenters. The number of ether oxygens (including phenoxy) is 1. The first-order chi connectivity index (χ1) is 11.6. The lowest BCUT2D eigenvalue weighted by molar-refractivity contribution is -0.112. The fraction of sp³-hybridized carbons (Fsp3) is 0.0556. The van der Waals surface area contributed by atoms with Crippen LogP contribution >= 0.6 is 23.2 Å². The molecule has 1 aliphatic rings. The number of halogens is 2. The molecule has 2 aromatic carbocycles. The number of aldehydes is 1. The van der Waals surface area contributed by atoms with Gasteiger partial charge in [-0.3, -0.25) is 9.59 Å². The molecule has 2 aromatic rings. The molecular formula is C18H11Cl2NO3. The van der Waals surface area contributed by atoms with E-state index in [9.17, 15) is 9.59 Å². The number of allylic oxidation sites excluding steroid dienone is 1. The van der Waals surface area contributed by atoms with E-state index in [0.29, 0.717) is 22.8 Å². The molecule has 0 spiro atoms. The van der Waals surface area contributed by atoms with Gasteiger partial charge in [-0.1, -0.05) is 41.4 Å². The van der Waals surface area contributed by atoms with Crippen LogP contribution in [0.2, 0.25) is 10.0 Å². The molecule has 0 saturated heterocycles. The average Bonchev–Trinajstić information content (AvgIpc) is 3.01. The number of hydrogen-bond donors (Lipinski definition) is 0. The van der Waals surface area contributed by atoms with Crippen molar-refractivity contribution >= 4 is 41.2 Å². The number of hydrogen-bond acceptors (Lipinski definition) is 4. The lowest BCUT2D eigenvalue weighted by atomic mass is 10.1. The van der Waals surface area contributed by atoms with Gasteiger partial charge in [-0.15, -0.1) is 0 Å². The quantitative estimate of drug-likeness (QED) is 0.469. The van der Waals surface area contributed by atoms with Crippen molar-refractivity contribution in [2.45, 2.75) is 6.10 Å². The zero-order valence-corrected chi connectivity index (χ0v) is 13.8. The van der Waals surface area contributed by atoms with E-state index in [4.69, 9.17) is 27.9 Å². The van der Waals surface area contributed by atoms with Crippen molar-refractivity contribution in [3.05, 3.63) is 81.5 Å². The van der Waals surface area contributed by atoms with Crippen LogP contribution in [-0.4, -0.2) is 24.1 Å². The largest absolute Gasteiger partial charge is 0.460 e. The molecule has 1 atom stereocenters. The molecule has 24 heavy (non-hydrogen) atoms.